The Morgan fingerprint density at radius 3 is 3.00 bits per heavy atom. The Labute approximate surface area is 115 Å². The zero-order chi connectivity index (χ0) is 13.9. The Morgan fingerprint density at radius 1 is 1.42 bits per heavy atom. The molecule has 0 spiro atoms. The smallest absolute Gasteiger partial charge is 0.218 e. The second-order valence-electron chi connectivity index (χ2n) is 4.30. The molecule has 5 nitrogen and oxygen atoms in total. The van der Waals surface area contributed by atoms with Gasteiger partial charge in [-0.15, -0.1) is 0 Å². The number of aliphatic imine (C=N–C) groups is 1. The maximum atomic E-state index is 5.76. The van der Waals surface area contributed by atoms with Gasteiger partial charge in [-0.2, -0.15) is 0 Å². The van der Waals surface area contributed by atoms with Crippen LogP contribution in [0.2, 0.25) is 0 Å². The first-order valence-corrected chi connectivity index (χ1v) is 6.88. The van der Waals surface area contributed by atoms with E-state index in [2.05, 4.69) is 29.1 Å². The standard InChI is InChI=1S/C14H24N4O/c1-3-5-10-19-13-12(7-6-9-16-13)11-18-14(15)17-8-4-2/h6-7,9H,3-5,8,10-11H2,1-2H3,(H3,15,17,18). The van der Waals surface area contributed by atoms with Crippen LogP contribution in [0.1, 0.15) is 38.7 Å². The van der Waals surface area contributed by atoms with Crippen LogP contribution in [0.4, 0.5) is 0 Å². The van der Waals surface area contributed by atoms with Crippen molar-refractivity contribution in [1.82, 2.24) is 10.3 Å². The first-order valence-electron chi connectivity index (χ1n) is 6.88. The van der Waals surface area contributed by atoms with Crippen LogP contribution >= 0.6 is 0 Å². The molecule has 0 aliphatic carbocycles. The zero-order valence-electron chi connectivity index (χ0n) is 11.9. The van der Waals surface area contributed by atoms with Gasteiger partial charge in [-0.3, -0.25) is 0 Å². The molecule has 1 rings (SSSR count). The molecule has 0 fully saturated rings. The summed E-state index contributed by atoms with van der Waals surface area (Å²) < 4.78 is 5.65. The van der Waals surface area contributed by atoms with E-state index in [0.29, 0.717) is 25.0 Å². The number of nitrogens with zero attached hydrogens (tertiary/aromatic N) is 2. The second kappa shape index (κ2) is 9.19. The SMILES string of the molecule is CCCCOc1ncccc1CN=C(N)NCCC. The van der Waals surface area contributed by atoms with Crippen molar-refractivity contribution in [2.75, 3.05) is 13.2 Å². The highest BCUT2D eigenvalue weighted by Gasteiger charge is 2.03. The molecular formula is C14H24N4O. The first kappa shape index (κ1) is 15.3. The van der Waals surface area contributed by atoms with E-state index >= 15 is 0 Å². The summed E-state index contributed by atoms with van der Waals surface area (Å²) in [6.45, 7) is 6.22. The van der Waals surface area contributed by atoms with Gasteiger partial charge in [0.1, 0.15) is 0 Å². The van der Waals surface area contributed by atoms with Gasteiger partial charge < -0.3 is 15.8 Å². The lowest BCUT2D eigenvalue weighted by molar-refractivity contribution is 0.294. The fourth-order valence-electron chi connectivity index (χ4n) is 1.47. The van der Waals surface area contributed by atoms with Crippen LogP contribution in [0.25, 0.3) is 0 Å². The van der Waals surface area contributed by atoms with E-state index in [1.165, 1.54) is 0 Å². The fourth-order valence-corrected chi connectivity index (χ4v) is 1.47. The van der Waals surface area contributed by atoms with Gasteiger partial charge in [-0.05, 0) is 18.9 Å². The number of rotatable bonds is 8. The molecule has 0 saturated carbocycles. The highest BCUT2D eigenvalue weighted by Crippen LogP contribution is 2.15. The van der Waals surface area contributed by atoms with Gasteiger partial charge >= 0.3 is 0 Å². The van der Waals surface area contributed by atoms with E-state index in [1.807, 2.05) is 12.1 Å². The van der Waals surface area contributed by atoms with E-state index in [1.54, 1.807) is 6.20 Å². The molecule has 0 amide bonds. The minimum Gasteiger partial charge on any atom is -0.477 e. The molecule has 0 radical (unpaired) electrons. The van der Waals surface area contributed by atoms with Crippen molar-refractivity contribution in [3.05, 3.63) is 23.9 Å². The summed E-state index contributed by atoms with van der Waals surface area (Å²) in [7, 11) is 0. The average Bonchev–Trinajstić information content (AvgIpc) is 2.44. The molecule has 1 aromatic rings. The molecular weight excluding hydrogens is 240 g/mol. The number of ether oxygens (including phenoxy) is 1. The highest BCUT2D eigenvalue weighted by molar-refractivity contribution is 5.77. The van der Waals surface area contributed by atoms with E-state index < -0.39 is 0 Å². The number of nitrogens with two attached hydrogens (primary N) is 1. The number of hydrogen-bond donors (Lipinski definition) is 2. The predicted octanol–water partition coefficient (Wildman–Crippen LogP) is 2.07. The van der Waals surface area contributed by atoms with Crippen molar-refractivity contribution in [2.45, 2.75) is 39.7 Å². The summed E-state index contributed by atoms with van der Waals surface area (Å²) in [6.07, 6.45) is 4.88. The van der Waals surface area contributed by atoms with Gasteiger partial charge in [0.15, 0.2) is 5.96 Å². The molecule has 0 aliphatic rings. The lowest BCUT2D eigenvalue weighted by Gasteiger charge is -2.09. The molecule has 106 valence electrons. The van der Waals surface area contributed by atoms with Crippen LogP contribution < -0.4 is 15.8 Å². The predicted molar refractivity (Wildman–Crippen MR) is 78.3 cm³/mol. The highest BCUT2D eigenvalue weighted by atomic mass is 16.5. The maximum absolute atomic E-state index is 5.76. The normalized spacial score (nSPS) is 11.4. The molecule has 19 heavy (non-hydrogen) atoms. The van der Waals surface area contributed by atoms with Crippen molar-refractivity contribution in [3.63, 3.8) is 0 Å². The van der Waals surface area contributed by atoms with Gasteiger partial charge in [0.05, 0.1) is 13.2 Å². The monoisotopic (exact) mass is 264 g/mol. The first-order chi connectivity index (χ1) is 9.27. The molecule has 1 aromatic heterocycles. The van der Waals surface area contributed by atoms with Gasteiger partial charge in [0.25, 0.3) is 0 Å². The number of unbranched alkanes of at least 4 members (excludes halogenated alkanes) is 1. The minimum absolute atomic E-state index is 0.463. The Bertz CT molecular complexity index is 393. The van der Waals surface area contributed by atoms with Crippen LogP contribution in [0.5, 0.6) is 5.88 Å². The summed E-state index contributed by atoms with van der Waals surface area (Å²) >= 11 is 0. The zero-order valence-corrected chi connectivity index (χ0v) is 11.9. The lowest BCUT2D eigenvalue weighted by Crippen LogP contribution is -2.32. The van der Waals surface area contributed by atoms with Crippen molar-refractivity contribution in [3.8, 4) is 5.88 Å². The van der Waals surface area contributed by atoms with Crippen LogP contribution in [0.3, 0.4) is 0 Å². The van der Waals surface area contributed by atoms with Crippen molar-refractivity contribution >= 4 is 5.96 Å². The quantitative estimate of drug-likeness (QED) is 0.428. The third kappa shape index (κ3) is 6.08. The summed E-state index contributed by atoms with van der Waals surface area (Å²) in [4.78, 5) is 8.52. The summed E-state index contributed by atoms with van der Waals surface area (Å²) in [6, 6.07) is 3.85. The largest absolute Gasteiger partial charge is 0.477 e. The van der Waals surface area contributed by atoms with Crippen molar-refractivity contribution in [2.24, 2.45) is 10.7 Å². The minimum atomic E-state index is 0.463. The Balaban J connectivity index is 2.56. The number of pyridine rings is 1. The fraction of sp³-hybridized carbons (Fsp3) is 0.571. The molecule has 5 heteroatoms. The number of hydrogen-bond acceptors (Lipinski definition) is 3. The Morgan fingerprint density at radius 2 is 2.26 bits per heavy atom. The molecule has 1 heterocycles. The number of nitrogens with one attached hydrogen (secondary N) is 1. The average molecular weight is 264 g/mol. The summed E-state index contributed by atoms with van der Waals surface area (Å²) in [5, 5.41) is 3.04. The topological polar surface area (TPSA) is 72.5 Å². The van der Waals surface area contributed by atoms with Gasteiger partial charge in [0, 0.05) is 18.3 Å². The number of aromatic nitrogens is 1. The summed E-state index contributed by atoms with van der Waals surface area (Å²) in [5.41, 5.74) is 6.72. The molecule has 0 saturated heterocycles. The molecule has 0 aliphatic heterocycles. The third-order valence-electron chi connectivity index (χ3n) is 2.56. The van der Waals surface area contributed by atoms with Crippen LogP contribution in [0.15, 0.2) is 23.3 Å². The molecule has 3 N–H and O–H groups in total. The van der Waals surface area contributed by atoms with E-state index in [0.717, 1.165) is 31.4 Å². The lowest BCUT2D eigenvalue weighted by atomic mass is 10.3. The second-order valence-corrected chi connectivity index (χ2v) is 4.30. The van der Waals surface area contributed by atoms with Gasteiger partial charge in [-0.1, -0.05) is 26.3 Å². The molecule has 0 unspecified atom stereocenters. The van der Waals surface area contributed by atoms with Gasteiger partial charge in [0.2, 0.25) is 5.88 Å². The molecule has 0 aromatic carbocycles. The molecule has 0 bridgehead atoms. The third-order valence-corrected chi connectivity index (χ3v) is 2.56. The van der Waals surface area contributed by atoms with E-state index in [4.69, 9.17) is 10.5 Å². The van der Waals surface area contributed by atoms with Crippen LogP contribution in [-0.4, -0.2) is 24.1 Å². The van der Waals surface area contributed by atoms with E-state index in [9.17, 15) is 0 Å². The van der Waals surface area contributed by atoms with E-state index in [-0.39, 0.29) is 0 Å². The Hall–Kier alpha value is -1.78. The van der Waals surface area contributed by atoms with Gasteiger partial charge in [-0.25, -0.2) is 9.98 Å². The van der Waals surface area contributed by atoms with Crippen molar-refractivity contribution in [1.29, 1.82) is 0 Å². The van der Waals surface area contributed by atoms with Crippen LogP contribution in [-0.2, 0) is 6.54 Å². The van der Waals surface area contributed by atoms with Crippen LogP contribution in [0, 0.1) is 0 Å². The maximum Gasteiger partial charge on any atom is 0.218 e. The molecule has 0 atom stereocenters. The Kier molecular flexibility index (Phi) is 7.39. The number of guanidine groups is 1. The van der Waals surface area contributed by atoms with Crippen molar-refractivity contribution < 1.29 is 4.74 Å². The summed E-state index contributed by atoms with van der Waals surface area (Å²) in [5.74, 6) is 1.12.